The van der Waals surface area contributed by atoms with E-state index in [2.05, 4.69) is 28.2 Å². The van der Waals surface area contributed by atoms with Crippen LogP contribution in [0, 0.1) is 11.8 Å². The number of nitrogens with one attached hydrogen (secondary N) is 4. The van der Waals surface area contributed by atoms with Crippen LogP contribution in [-0.2, 0) is 28.7 Å². The smallest absolute Gasteiger partial charge is 0.245 e. The van der Waals surface area contributed by atoms with Crippen LogP contribution in [0.4, 0.5) is 0 Å². The standard InChI is InChI=1S/C35H65N7O7/c1-7-8-9-13-18-42-19-17-37-33(46)29(24(4)43)39-31(44)26(22-36)38-34(47)30(25-14-11-10-12-15-25)40-32(45)28(21-23(2)3)41(5)35(48)27(42)16-20-49-6/h23-30,43H,7-22,36H2,1-6H3,(H,37,46)(H,38,47)(H,39,44)(H,40,45)/t24-,26-,27-,28-,29-,30-/m0/s1. The van der Waals surface area contributed by atoms with E-state index >= 15 is 0 Å². The lowest BCUT2D eigenvalue weighted by atomic mass is 9.83. The lowest BCUT2D eigenvalue weighted by molar-refractivity contribution is -0.145. The zero-order valence-corrected chi connectivity index (χ0v) is 30.8. The number of methoxy groups -OCH3 is 1. The van der Waals surface area contributed by atoms with E-state index in [1.807, 2.05) is 18.7 Å². The number of aliphatic hydroxyl groups is 1. The SMILES string of the molecule is CCCCCCN1CCNC(=O)[C@H]([C@H](C)O)NC(=O)[C@H](CN)NC(=O)[C@H](C2CCCCC2)NC(=O)[C@H](CC(C)C)N(C)C(=O)[C@@H]1CCOC. The van der Waals surface area contributed by atoms with Crippen molar-refractivity contribution in [3.63, 3.8) is 0 Å². The Morgan fingerprint density at radius 2 is 1.59 bits per heavy atom. The van der Waals surface area contributed by atoms with Crippen molar-refractivity contribution in [3.05, 3.63) is 0 Å². The molecule has 0 unspecified atom stereocenters. The van der Waals surface area contributed by atoms with Gasteiger partial charge in [0.25, 0.3) is 0 Å². The summed E-state index contributed by atoms with van der Waals surface area (Å²) in [4.78, 5) is 72.7. The van der Waals surface area contributed by atoms with E-state index in [0.29, 0.717) is 32.5 Å². The number of carbonyl (C=O) groups excluding carboxylic acids is 5. The average molecular weight is 696 g/mol. The van der Waals surface area contributed by atoms with Gasteiger partial charge in [-0.1, -0.05) is 59.3 Å². The zero-order chi connectivity index (χ0) is 36.5. The monoisotopic (exact) mass is 695 g/mol. The number of likely N-dealkylation sites (N-methyl/N-ethyl adjacent to an activating group) is 1. The highest BCUT2D eigenvalue weighted by molar-refractivity contribution is 5.96. The van der Waals surface area contributed by atoms with Gasteiger partial charge in [0, 0.05) is 40.4 Å². The van der Waals surface area contributed by atoms with Gasteiger partial charge in [-0.2, -0.15) is 0 Å². The maximum absolute atomic E-state index is 14.4. The highest BCUT2D eigenvalue weighted by atomic mass is 16.5. The number of hydrogen-bond donors (Lipinski definition) is 6. The Bertz CT molecular complexity index is 1050. The maximum Gasteiger partial charge on any atom is 0.245 e. The number of unbranched alkanes of at least 4 members (excludes halogenated alkanes) is 3. The number of hydrogen-bond acceptors (Lipinski definition) is 9. The Hall–Kier alpha value is -2.81. The first-order chi connectivity index (χ1) is 23.4. The van der Waals surface area contributed by atoms with Crippen molar-refractivity contribution in [1.29, 1.82) is 0 Å². The number of carbonyl (C=O) groups is 5. The average Bonchev–Trinajstić information content (AvgIpc) is 3.07. The molecule has 14 nitrogen and oxygen atoms in total. The Kier molecular flexibility index (Phi) is 19.1. The summed E-state index contributed by atoms with van der Waals surface area (Å²) < 4.78 is 5.41. The molecule has 0 aromatic carbocycles. The molecule has 7 N–H and O–H groups in total. The second kappa shape index (κ2) is 22.1. The summed E-state index contributed by atoms with van der Waals surface area (Å²) >= 11 is 0. The summed E-state index contributed by atoms with van der Waals surface area (Å²) in [5.74, 6) is -2.64. The first-order valence-electron chi connectivity index (χ1n) is 18.4. The molecule has 6 atom stereocenters. The largest absolute Gasteiger partial charge is 0.391 e. The Labute approximate surface area is 293 Å². The van der Waals surface area contributed by atoms with Gasteiger partial charge in [0.05, 0.1) is 12.1 Å². The van der Waals surface area contributed by atoms with Gasteiger partial charge in [-0.05, 0) is 57.4 Å². The first-order valence-corrected chi connectivity index (χ1v) is 18.4. The van der Waals surface area contributed by atoms with Crippen molar-refractivity contribution in [1.82, 2.24) is 31.1 Å². The highest BCUT2D eigenvalue weighted by Gasteiger charge is 2.39. The van der Waals surface area contributed by atoms with Crippen LogP contribution in [0.3, 0.4) is 0 Å². The van der Waals surface area contributed by atoms with E-state index in [1.54, 1.807) is 14.2 Å². The normalized spacial score (nSPS) is 27.2. The number of aliphatic hydroxyl groups excluding tert-OH is 1. The fourth-order valence-corrected chi connectivity index (χ4v) is 6.83. The second-order valence-electron chi connectivity index (χ2n) is 14.2. The molecule has 5 amide bonds. The number of ether oxygens (including phenoxy) is 1. The van der Waals surface area contributed by atoms with E-state index in [9.17, 15) is 29.1 Å². The third kappa shape index (κ3) is 13.4. The minimum absolute atomic E-state index is 0.0655. The molecule has 1 saturated heterocycles. The first kappa shape index (κ1) is 42.4. The van der Waals surface area contributed by atoms with Crippen LogP contribution < -0.4 is 27.0 Å². The summed E-state index contributed by atoms with van der Waals surface area (Å²) in [6.07, 6.45) is 7.69. The van der Waals surface area contributed by atoms with Gasteiger partial charge >= 0.3 is 0 Å². The predicted molar refractivity (Wildman–Crippen MR) is 188 cm³/mol. The van der Waals surface area contributed by atoms with Crippen LogP contribution in [-0.4, -0.2) is 128 Å². The molecule has 2 fully saturated rings. The molecule has 0 aromatic rings. The highest BCUT2D eigenvalue weighted by Crippen LogP contribution is 2.27. The molecular weight excluding hydrogens is 630 g/mol. The fourth-order valence-electron chi connectivity index (χ4n) is 6.83. The van der Waals surface area contributed by atoms with Crippen molar-refractivity contribution >= 4 is 29.5 Å². The van der Waals surface area contributed by atoms with Gasteiger partial charge in [0.1, 0.15) is 24.2 Å². The summed E-state index contributed by atoms with van der Waals surface area (Å²) in [6.45, 7) is 8.58. The molecule has 2 rings (SSSR count). The van der Waals surface area contributed by atoms with Crippen LogP contribution in [0.5, 0.6) is 0 Å². The molecular formula is C35H65N7O7. The Morgan fingerprint density at radius 1 is 0.898 bits per heavy atom. The number of nitrogens with two attached hydrogens (primary N) is 1. The third-order valence-corrected chi connectivity index (χ3v) is 9.76. The third-order valence-electron chi connectivity index (χ3n) is 9.76. The molecule has 14 heteroatoms. The van der Waals surface area contributed by atoms with Crippen molar-refractivity contribution in [2.75, 3.05) is 46.9 Å². The fraction of sp³-hybridized carbons (Fsp3) is 0.857. The number of amides is 5. The quantitative estimate of drug-likeness (QED) is 0.150. The van der Waals surface area contributed by atoms with E-state index < -0.39 is 59.9 Å². The summed E-state index contributed by atoms with van der Waals surface area (Å²) in [7, 11) is 3.22. The van der Waals surface area contributed by atoms with Crippen molar-refractivity contribution in [2.45, 2.75) is 135 Å². The van der Waals surface area contributed by atoms with Crippen LogP contribution >= 0.6 is 0 Å². The number of nitrogens with zero attached hydrogens (tertiary/aromatic N) is 2. The van der Waals surface area contributed by atoms with Crippen LogP contribution in [0.15, 0.2) is 0 Å². The maximum atomic E-state index is 14.4. The zero-order valence-electron chi connectivity index (χ0n) is 30.8. The van der Waals surface area contributed by atoms with Crippen LogP contribution in [0.1, 0.15) is 98.3 Å². The number of rotatable bonds is 13. The summed E-state index contributed by atoms with van der Waals surface area (Å²) in [6, 6.07) is -4.96. The van der Waals surface area contributed by atoms with Gasteiger partial charge in [0.2, 0.25) is 29.5 Å². The minimum atomic E-state index is -1.31. The lowest BCUT2D eigenvalue weighted by Crippen LogP contribution is -2.63. The molecule has 1 heterocycles. The van der Waals surface area contributed by atoms with Gasteiger partial charge < -0.3 is 41.7 Å². The molecule has 0 aromatic heterocycles. The molecule has 0 spiro atoms. The second-order valence-corrected chi connectivity index (χ2v) is 14.2. The summed E-state index contributed by atoms with van der Waals surface area (Å²) in [5, 5.41) is 21.5. The molecule has 1 aliphatic heterocycles. The van der Waals surface area contributed by atoms with Crippen molar-refractivity contribution in [3.8, 4) is 0 Å². The summed E-state index contributed by atoms with van der Waals surface area (Å²) in [5.41, 5.74) is 5.93. The van der Waals surface area contributed by atoms with Gasteiger partial charge in [0.15, 0.2) is 0 Å². The van der Waals surface area contributed by atoms with E-state index in [4.69, 9.17) is 10.5 Å². The molecule has 2 aliphatic rings. The topological polar surface area (TPSA) is 195 Å². The Morgan fingerprint density at radius 3 is 2.18 bits per heavy atom. The molecule has 282 valence electrons. The van der Waals surface area contributed by atoms with E-state index in [-0.39, 0.29) is 30.8 Å². The predicted octanol–water partition coefficient (Wildman–Crippen LogP) is 0.651. The van der Waals surface area contributed by atoms with Gasteiger partial charge in [-0.25, -0.2) is 0 Å². The molecule has 1 saturated carbocycles. The van der Waals surface area contributed by atoms with Crippen molar-refractivity contribution in [2.24, 2.45) is 17.6 Å². The molecule has 0 bridgehead atoms. The Balaban J connectivity index is 2.61. The lowest BCUT2D eigenvalue weighted by Gasteiger charge is -2.38. The van der Waals surface area contributed by atoms with Crippen LogP contribution in [0.2, 0.25) is 0 Å². The van der Waals surface area contributed by atoms with Crippen LogP contribution in [0.25, 0.3) is 0 Å². The van der Waals surface area contributed by atoms with Gasteiger partial charge in [-0.3, -0.25) is 28.9 Å². The molecule has 49 heavy (non-hydrogen) atoms. The molecule has 1 aliphatic carbocycles. The minimum Gasteiger partial charge on any atom is -0.391 e. The van der Waals surface area contributed by atoms with Crippen molar-refractivity contribution < 1.29 is 33.8 Å². The van der Waals surface area contributed by atoms with Gasteiger partial charge in [-0.15, -0.1) is 0 Å². The molecule has 0 radical (unpaired) electrons. The van der Waals surface area contributed by atoms with E-state index in [1.165, 1.54) is 11.8 Å². The van der Waals surface area contributed by atoms with E-state index in [0.717, 1.165) is 57.8 Å².